The fourth-order valence-electron chi connectivity index (χ4n) is 1.00. The summed E-state index contributed by atoms with van der Waals surface area (Å²) in [5.41, 5.74) is 1.59. The third-order valence-corrected chi connectivity index (χ3v) is 1.78. The molecule has 4 heteroatoms. The Hall–Kier alpha value is -1.09. The molecule has 0 aliphatic carbocycles. The molecule has 2 heterocycles. The summed E-state index contributed by atoms with van der Waals surface area (Å²) < 4.78 is 1.70. The van der Waals surface area contributed by atoms with Gasteiger partial charge in [-0.25, -0.2) is 0 Å². The Labute approximate surface area is 68.6 Å². The van der Waals surface area contributed by atoms with Gasteiger partial charge < -0.3 is 0 Å². The van der Waals surface area contributed by atoms with E-state index in [0.29, 0.717) is 5.02 Å². The number of rotatable bonds is 0. The van der Waals surface area contributed by atoms with E-state index >= 15 is 0 Å². The Kier molecular flexibility index (Phi) is 1.32. The summed E-state index contributed by atoms with van der Waals surface area (Å²) in [6.45, 7) is 0. The maximum Gasteiger partial charge on any atom is 0.129 e. The van der Waals surface area contributed by atoms with Crippen molar-refractivity contribution in [3.8, 4) is 0 Å². The highest BCUT2D eigenvalue weighted by molar-refractivity contribution is 6.34. The summed E-state index contributed by atoms with van der Waals surface area (Å²) in [5, 5.41) is 4.78. The molecule has 0 unspecified atom stereocenters. The molecule has 0 radical (unpaired) electrons. The number of aromatic nitrogens is 3. The van der Waals surface area contributed by atoms with Crippen molar-refractivity contribution >= 4 is 22.6 Å². The van der Waals surface area contributed by atoms with Crippen LogP contribution in [0.25, 0.3) is 11.0 Å². The molecule has 0 amide bonds. The second-order valence-electron chi connectivity index (χ2n) is 2.33. The van der Waals surface area contributed by atoms with Gasteiger partial charge in [-0.2, -0.15) is 5.10 Å². The van der Waals surface area contributed by atoms with E-state index in [-0.39, 0.29) is 0 Å². The first-order valence-corrected chi connectivity index (χ1v) is 3.59. The summed E-state index contributed by atoms with van der Waals surface area (Å²) in [7, 11) is 1.85. The quantitative estimate of drug-likeness (QED) is 0.597. The van der Waals surface area contributed by atoms with Crippen molar-refractivity contribution in [2.75, 3.05) is 0 Å². The lowest BCUT2D eigenvalue weighted by molar-refractivity contribution is 0.779. The van der Waals surface area contributed by atoms with E-state index in [1.807, 2.05) is 13.2 Å². The molecule has 0 spiro atoms. The minimum absolute atomic E-state index is 0.649. The van der Waals surface area contributed by atoms with Crippen molar-refractivity contribution in [3.63, 3.8) is 0 Å². The Bertz CT molecular complexity index is 393. The Morgan fingerprint density at radius 1 is 1.55 bits per heavy atom. The van der Waals surface area contributed by atoms with E-state index < -0.39 is 0 Å². The van der Waals surface area contributed by atoms with Gasteiger partial charge in [-0.1, -0.05) is 11.6 Å². The average molecular weight is 168 g/mol. The predicted molar refractivity (Wildman–Crippen MR) is 43.5 cm³/mol. The lowest BCUT2D eigenvalue weighted by Gasteiger charge is -1.87. The summed E-state index contributed by atoms with van der Waals surface area (Å²) in [5.74, 6) is 0. The van der Waals surface area contributed by atoms with Gasteiger partial charge in [0.2, 0.25) is 0 Å². The molecule has 0 aliphatic rings. The number of nitrogens with zero attached hydrogens (tertiary/aromatic N) is 3. The molecule has 2 aromatic heterocycles. The topological polar surface area (TPSA) is 30.7 Å². The number of halogens is 1. The van der Waals surface area contributed by atoms with Crippen molar-refractivity contribution in [2.45, 2.75) is 0 Å². The molecule has 0 fully saturated rings. The Morgan fingerprint density at radius 3 is 3.09 bits per heavy atom. The van der Waals surface area contributed by atoms with Gasteiger partial charge in [0.05, 0.1) is 11.2 Å². The van der Waals surface area contributed by atoms with Crippen molar-refractivity contribution in [2.24, 2.45) is 7.05 Å². The Morgan fingerprint density at radius 2 is 2.36 bits per heavy atom. The van der Waals surface area contributed by atoms with E-state index in [9.17, 15) is 0 Å². The SMILES string of the molecule is Cn1cc2nccc(Cl)c2n1. The van der Waals surface area contributed by atoms with Crippen LogP contribution >= 0.6 is 11.6 Å². The van der Waals surface area contributed by atoms with Crippen LogP contribution in [-0.4, -0.2) is 14.8 Å². The number of aryl methyl sites for hydroxylation is 1. The second-order valence-corrected chi connectivity index (χ2v) is 2.74. The third-order valence-electron chi connectivity index (χ3n) is 1.47. The minimum atomic E-state index is 0.649. The van der Waals surface area contributed by atoms with Gasteiger partial charge in [-0.3, -0.25) is 9.67 Å². The molecule has 0 atom stereocenters. The van der Waals surface area contributed by atoms with Crippen LogP contribution in [0.1, 0.15) is 0 Å². The zero-order chi connectivity index (χ0) is 7.84. The van der Waals surface area contributed by atoms with Gasteiger partial charge in [0.1, 0.15) is 11.0 Å². The second kappa shape index (κ2) is 2.20. The van der Waals surface area contributed by atoms with Gasteiger partial charge >= 0.3 is 0 Å². The lowest BCUT2D eigenvalue weighted by atomic mass is 10.4. The summed E-state index contributed by atoms with van der Waals surface area (Å²) in [4.78, 5) is 4.10. The highest BCUT2D eigenvalue weighted by Crippen LogP contribution is 2.18. The highest BCUT2D eigenvalue weighted by atomic mass is 35.5. The molecule has 11 heavy (non-hydrogen) atoms. The molecule has 0 saturated heterocycles. The molecule has 0 bridgehead atoms. The van der Waals surface area contributed by atoms with Crippen LogP contribution in [0.15, 0.2) is 18.5 Å². The van der Waals surface area contributed by atoms with Crippen LogP contribution in [0.4, 0.5) is 0 Å². The largest absolute Gasteiger partial charge is 0.273 e. The van der Waals surface area contributed by atoms with Crippen molar-refractivity contribution in [1.29, 1.82) is 0 Å². The lowest BCUT2D eigenvalue weighted by Crippen LogP contribution is -1.84. The van der Waals surface area contributed by atoms with Crippen LogP contribution < -0.4 is 0 Å². The van der Waals surface area contributed by atoms with Gasteiger partial charge in [0, 0.05) is 13.2 Å². The zero-order valence-electron chi connectivity index (χ0n) is 5.95. The standard InChI is InChI=1S/C7H6ClN3/c1-11-4-6-7(10-11)5(8)2-3-9-6/h2-4H,1H3. The number of hydrogen-bond acceptors (Lipinski definition) is 2. The number of fused-ring (bicyclic) bond motifs is 1. The molecule has 0 N–H and O–H groups in total. The normalized spacial score (nSPS) is 10.7. The molecule has 2 rings (SSSR count). The van der Waals surface area contributed by atoms with Crippen LogP contribution in [0, 0.1) is 0 Å². The van der Waals surface area contributed by atoms with Crippen LogP contribution in [-0.2, 0) is 7.05 Å². The van der Waals surface area contributed by atoms with Crippen LogP contribution in [0.3, 0.4) is 0 Å². The molecular weight excluding hydrogens is 162 g/mol. The summed E-state index contributed by atoms with van der Waals surface area (Å²) >= 11 is 5.85. The van der Waals surface area contributed by atoms with Gasteiger partial charge in [-0.15, -0.1) is 0 Å². The fourth-order valence-corrected chi connectivity index (χ4v) is 1.19. The zero-order valence-corrected chi connectivity index (χ0v) is 6.71. The molecule has 3 nitrogen and oxygen atoms in total. The van der Waals surface area contributed by atoms with Crippen LogP contribution in [0.5, 0.6) is 0 Å². The molecule has 56 valence electrons. The fraction of sp³-hybridized carbons (Fsp3) is 0.143. The molecule has 0 aliphatic heterocycles. The van der Waals surface area contributed by atoms with E-state index in [1.165, 1.54) is 0 Å². The first-order valence-electron chi connectivity index (χ1n) is 3.21. The van der Waals surface area contributed by atoms with Crippen molar-refractivity contribution in [1.82, 2.24) is 14.8 Å². The minimum Gasteiger partial charge on any atom is -0.273 e. The predicted octanol–water partition coefficient (Wildman–Crippen LogP) is 1.62. The molecular formula is C7H6ClN3. The summed E-state index contributed by atoms with van der Waals surface area (Å²) in [6.07, 6.45) is 3.51. The average Bonchev–Trinajstić information content (AvgIpc) is 2.31. The number of hydrogen-bond donors (Lipinski definition) is 0. The smallest absolute Gasteiger partial charge is 0.129 e. The Balaban J connectivity index is 2.90. The third kappa shape index (κ3) is 0.973. The van der Waals surface area contributed by atoms with E-state index in [2.05, 4.69) is 10.1 Å². The highest BCUT2D eigenvalue weighted by Gasteiger charge is 2.01. The molecule has 0 saturated carbocycles. The monoisotopic (exact) mass is 167 g/mol. The van der Waals surface area contributed by atoms with Crippen molar-refractivity contribution < 1.29 is 0 Å². The number of pyridine rings is 1. The first kappa shape index (κ1) is 6.61. The van der Waals surface area contributed by atoms with E-state index in [4.69, 9.17) is 11.6 Å². The van der Waals surface area contributed by atoms with Gasteiger partial charge in [0.15, 0.2) is 0 Å². The van der Waals surface area contributed by atoms with E-state index in [1.54, 1.807) is 16.9 Å². The van der Waals surface area contributed by atoms with Crippen molar-refractivity contribution in [3.05, 3.63) is 23.5 Å². The van der Waals surface area contributed by atoms with Gasteiger partial charge in [0.25, 0.3) is 0 Å². The molecule has 0 aromatic carbocycles. The first-order chi connectivity index (χ1) is 5.27. The maximum absolute atomic E-state index is 5.85. The van der Waals surface area contributed by atoms with Gasteiger partial charge in [-0.05, 0) is 6.07 Å². The molecule has 2 aromatic rings. The van der Waals surface area contributed by atoms with E-state index in [0.717, 1.165) is 11.0 Å². The van der Waals surface area contributed by atoms with Crippen LogP contribution in [0.2, 0.25) is 5.02 Å². The summed E-state index contributed by atoms with van der Waals surface area (Å²) in [6, 6.07) is 1.73. The maximum atomic E-state index is 5.85.